The summed E-state index contributed by atoms with van der Waals surface area (Å²) >= 11 is 0. The van der Waals surface area contributed by atoms with Crippen LogP contribution >= 0.6 is 0 Å². The minimum atomic E-state index is -0.284. The SMILES string of the molecule is C#CCNC(=O)COC(C)(C)C. The summed E-state index contributed by atoms with van der Waals surface area (Å²) in [5, 5.41) is 2.50. The van der Waals surface area contributed by atoms with Crippen molar-refractivity contribution in [1.82, 2.24) is 5.32 Å². The second-order valence-electron chi connectivity index (χ2n) is 3.38. The summed E-state index contributed by atoms with van der Waals surface area (Å²) in [6.45, 7) is 5.99. The summed E-state index contributed by atoms with van der Waals surface area (Å²) in [5.41, 5.74) is -0.284. The van der Waals surface area contributed by atoms with Gasteiger partial charge in [-0.2, -0.15) is 0 Å². The van der Waals surface area contributed by atoms with Gasteiger partial charge < -0.3 is 10.1 Å². The average molecular weight is 169 g/mol. The zero-order valence-corrected chi connectivity index (χ0v) is 7.81. The first-order valence-electron chi connectivity index (χ1n) is 3.80. The number of carbonyl (C=O) groups is 1. The lowest BCUT2D eigenvalue weighted by molar-refractivity contribution is -0.130. The minimum absolute atomic E-state index is 0.0607. The second kappa shape index (κ2) is 4.78. The van der Waals surface area contributed by atoms with E-state index in [1.807, 2.05) is 20.8 Å². The standard InChI is InChI=1S/C9H15NO2/c1-5-6-10-8(11)7-12-9(2,3)4/h1H,6-7H2,2-4H3,(H,10,11). The second-order valence-corrected chi connectivity index (χ2v) is 3.38. The molecule has 0 spiro atoms. The van der Waals surface area contributed by atoms with Crippen LogP contribution in [0.4, 0.5) is 0 Å². The maximum Gasteiger partial charge on any atom is 0.246 e. The molecule has 0 aromatic carbocycles. The number of nitrogens with one attached hydrogen (secondary N) is 1. The smallest absolute Gasteiger partial charge is 0.246 e. The molecule has 0 aromatic heterocycles. The summed E-state index contributed by atoms with van der Waals surface area (Å²) < 4.78 is 5.21. The molecule has 0 unspecified atom stereocenters. The first-order valence-corrected chi connectivity index (χ1v) is 3.80. The van der Waals surface area contributed by atoms with E-state index in [1.165, 1.54) is 0 Å². The third kappa shape index (κ3) is 7.10. The van der Waals surface area contributed by atoms with E-state index >= 15 is 0 Å². The van der Waals surface area contributed by atoms with Gasteiger partial charge >= 0.3 is 0 Å². The number of hydrogen-bond donors (Lipinski definition) is 1. The molecule has 0 fully saturated rings. The van der Waals surface area contributed by atoms with Gasteiger partial charge in [-0.3, -0.25) is 4.79 Å². The van der Waals surface area contributed by atoms with Crippen molar-refractivity contribution in [1.29, 1.82) is 0 Å². The van der Waals surface area contributed by atoms with Crippen molar-refractivity contribution < 1.29 is 9.53 Å². The zero-order chi connectivity index (χ0) is 9.61. The summed E-state index contributed by atoms with van der Waals surface area (Å²) in [6.07, 6.45) is 4.95. The van der Waals surface area contributed by atoms with Crippen molar-refractivity contribution in [3.63, 3.8) is 0 Å². The normalized spacial score (nSPS) is 10.5. The number of terminal acetylenes is 1. The largest absolute Gasteiger partial charge is 0.366 e. The number of amides is 1. The molecule has 0 radical (unpaired) electrons. The van der Waals surface area contributed by atoms with Crippen molar-refractivity contribution in [3.05, 3.63) is 0 Å². The molecule has 0 atom stereocenters. The quantitative estimate of drug-likeness (QED) is 0.627. The van der Waals surface area contributed by atoms with Crippen LogP contribution < -0.4 is 5.32 Å². The van der Waals surface area contributed by atoms with E-state index in [0.717, 1.165) is 0 Å². The predicted octanol–water partition coefficient (Wildman–Crippen LogP) is 0.551. The van der Waals surface area contributed by atoms with Crippen molar-refractivity contribution in [2.45, 2.75) is 26.4 Å². The fourth-order valence-corrected chi connectivity index (χ4v) is 0.483. The van der Waals surface area contributed by atoms with Crippen LogP contribution in [0.3, 0.4) is 0 Å². The molecular formula is C9H15NO2. The molecule has 1 N–H and O–H groups in total. The fraction of sp³-hybridized carbons (Fsp3) is 0.667. The minimum Gasteiger partial charge on any atom is -0.366 e. The van der Waals surface area contributed by atoms with Gasteiger partial charge in [-0.05, 0) is 20.8 Å². The van der Waals surface area contributed by atoms with Gasteiger partial charge in [0.05, 0.1) is 12.1 Å². The molecule has 0 saturated heterocycles. The van der Waals surface area contributed by atoms with Gasteiger partial charge in [0.25, 0.3) is 0 Å². The van der Waals surface area contributed by atoms with Crippen LogP contribution in [0.2, 0.25) is 0 Å². The predicted molar refractivity (Wildman–Crippen MR) is 47.5 cm³/mol. The number of ether oxygens (including phenoxy) is 1. The molecule has 0 aliphatic carbocycles. The van der Waals surface area contributed by atoms with Gasteiger partial charge in [-0.25, -0.2) is 0 Å². The molecule has 1 amide bonds. The van der Waals surface area contributed by atoms with Gasteiger partial charge in [0.1, 0.15) is 6.61 Å². The summed E-state index contributed by atoms with van der Waals surface area (Å²) in [7, 11) is 0. The van der Waals surface area contributed by atoms with Crippen molar-refractivity contribution in [3.8, 4) is 12.3 Å². The number of carbonyl (C=O) groups excluding carboxylic acids is 1. The van der Waals surface area contributed by atoms with E-state index in [9.17, 15) is 4.79 Å². The highest BCUT2D eigenvalue weighted by Gasteiger charge is 2.11. The molecule has 3 heteroatoms. The average Bonchev–Trinajstić information content (AvgIpc) is 1.95. The molecular weight excluding hydrogens is 154 g/mol. The highest BCUT2D eigenvalue weighted by Crippen LogP contribution is 2.05. The van der Waals surface area contributed by atoms with E-state index < -0.39 is 0 Å². The Morgan fingerprint density at radius 1 is 1.58 bits per heavy atom. The molecule has 3 nitrogen and oxygen atoms in total. The number of hydrogen-bond acceptors (Lipinski definition) is 2. The third-order valence-corrected chi connectivity index (χ3v) is 1.02. The van der Waals surface area contributed by atoms with Crippen molar-refractivity contribution in [2.24, 2.45) is 0 Å². The first kappa shape index (κ1) is 11.0. The first-order chi connectivity index (χ1) is 5.45. The topological polar surface area (TPSA) is 38.3 Å². The van der Waals surface area contributed by atoms with E-state index in [1.54, 1.807) is 0 Å². The molecule has 12 heavy (non-hydrogen) atoms. The van der Waals surface area contributed by atoms with Crippen LogP contribution in [0, 0.1) is 12.3 Å². The Kier molecular flexibility index (Phi) is 4.38. The molecule has 0 rings (SSSR count). The van der Waals surface area contributed by atoms with Gasteiger partial charge in [-0.15, -0.1) is 6.42 Å². The van der Waals surface area contributed by atoms with E-state index in [2.05, 4.69) is 11.2 Å². The molecule has 0 bridgehead atoms. The van der Waals surface area contributed by atoms with Crippen LogP contribution in [0.5, 0.6) is 0 Å². The van der Waals surface area contributed by atoms with E-state index in [-0.39, 0.29) is 24.7 Å². The van der Waals surface area contributed by atoms with E-state index in [0.29, 0.717) is 0 Å². The Balaban J connectivity index is 3.53. The molecule has 0 heterocycles. The Morgan fingerprint density at radius 3 is 2.58 bits per heavy atom. The molecule has 0 aliphatic rings. The maximum atomic E-state index is 10.9. The summed E-state index contributed by atoms with van der Waals surface area (Å²) in [4.78, 5) is 10.9. The van der Waals surface area contributed by atoms with Gasteiger partial charge in [0.2, 0.25) is 5.91 Å². The Hall–Kier alpha value is -1.01. The van der Waals surface area contributed by atoms with Crippen LogP contribution in [0.15, 0.2) is 0 Å². The zero-order valence-electron chi connectivity index (χ0n) is 7.81. The highest BCUT2D eigenvalue weighted by atomic mass is 16.5. The Labute approximate surface area is 73.5 Å². The highest BCUT2D eigenvalue weighted by molar-refractivity contribution is 5.77. The maximum absolute atomic E-state index is 10.9. The molecule has 0 aliphatic heterocycles. The Morgan fingerprint density at radius 2 is 2.17 bits per heavy atom. The lowest BCUT2D eigenvalue weighted by atomic mass is 10.2. The summed E-state index contributed by atoms with van der Waals surface area (Å²) in [5.74, 6) is 2.13. The van der Waals surface area contributed by atoms with E-state index in [4.69, 9.17) is 11.2 Å². The Bertz CT molecular complexity index is 186. The van der Waals surface area contributed by atoms with Crippen LogP contribution in [-0.2, 0) is 9.53 Å². The molecule has 0 saturated carbocycles. The van der Waals surface area contributed by atoms with Gasteiger partial charge in [0.15, 0.2) is 0 Å². The lowest BCUT2D eigenvalue weighted by Crippen LogP contribution is -2.32. The van der Waals surface area contributed by atoms with Crippen LogP contribution in [0.25, 0.3) is 0 Å². The molecule has 68 valence electrons. The number of rotatable bonds is 3. The van der Waals surface area contributed by atoms with Gasteiger partial charge in [0, 0.05) is 0 Å². The fourth-order valence-electron chi connectivity index (χ4n) is 0.483. The van der Waals surface area contributed by atoms with Crippen molar-refractivity contribution in [2.75, 3.05) is 13.2 Å². The third-order valence-electron chi connectivity index (χ3n) is 1.02. The molecule has 0 aromatic rings. The lowest BCUT2D eigenvalue weighted by Gasteiger charge is -2.18. The summed E-state index contributed by atoms with van der Waals surface area (Å²) in [6, 6.07) is 0. The van der Waals surface area contributed by atoms with Crippen LogP contribution in [0.1, 0.15) is 20.8 Å². The van der Waals surface area contributed by atoms with Crippen molar-refractivity contribution >= 4 is 5.91 Å². The monoisotopic (exact) mass is 169 g/mol. The van der Waals surface area contributed by atoms with Crippen LogP contribution in [-0.4, -0.2) is 24.7 Å². The van der Waals surface area contributed by atoms with Gasteiger partial charge in [-0.1, -0.05) is 5.92 Å².